The molecule has 2 N–H and O–H groups in total. The number of aromatic nitrogens is 2. The highest BCUT2D eigenvalue weighted by atomic mass is 32.1. The van der Waals surface area contributed by atoms with E-state index < -0.39 is 0 Å². The van der Waals surface area contributed by atoms with Gasteiger partial charge in [-0.25, -0.2) is 4.79 Å². The summed E-state index contributed by atoms with van der Waals surface area (Å²) in [5.41, 5.74) is 3.86. The molecule has 0 radical (unpaired) electrons. The molecule has 1 unspecified atom stereocenters. The van der Waals surface area contributed by atoms with E-state index in [4.69, 9.17) is 4.74 Å². The molecule has 0 bridgehead atoms. The number of hydrogen-bond donors (Lipinski definition) is 2. The van der Waals surface area contributed by atoms with Crippen LogP contribution in [0.15, 0.2) is 29.8 Å². The van der Waals surface area contributed by atoms with Crippen LogP contribution in [0, 0.1) is 6.92 Å². The number of rotatable bonds is 5. The van der Waals surface area contributed by atoms with E-state index in [2.05, 4.69) is 56.9 Å². The molecule has 1 aliphatic rings. The smallest absolute Gasteiger partial charge is 0.321 e. The van der Waals surface area contributed by atoms with Gasteiger partial charge in [0.25, 0.3) is 0 Å². The molecule has 1 aromatic heterocycles. The second-order valence-electron chi connectivity index (χ2n) is 5.72. The second-order valence-corrected chi connectivity index (χ2v) is 6.55. The van der Waals surface area contributed by atoms with Gasteiger partial charge in [0, 0.05) is 19.6 Å². The van der Waals surface area contributed by atoms with Gasteiger partial charge in [0.05, 0.1) is 19.3 Å². The summed E-state index contributed by atoms with van der Waals surface area (Å²) >= 11 is 1.29. The van der Waals surface area contributed by atoms with Gasteiger partial charge in [-0.3, -0.25) is 10.2 Å². The van der Waals surface area contributed by atoms with E-state index in [9.17, 15) is 4.79 Å². The fraction of sp³-hybridized carbons (Fsp3) is 0.438. The number of hydrogen-bond acceptors (Lipinski definition) is 6. The molecule has 1 aliphatic heterocycles. The Balaban J connectivity index is 1.68. The number of urea groups is 1. The van der Waals surface area contributed by atoms with E-state index in [0.29, 0.717) is 5.13 Å². The van der Waals surface area contributed by atoms with Crippen molar-refractivity contribution in [3.63, 3.8) is 0 Å². The summed E-state index contributed by atoms with van der Waals surface area (Å²) in [6.45, 7) is 6.02. The number of nitrogens with zero attached hydrogens (tertiary/aromatic N) is 3. The minimum Gasteiger partial charge on any atom is -0.379 e. The molecule has 2 heterocycles. The minimum atomic E-state index is -0.273. The van der Waals surface area contributed by atoms with Crippen LogP contribution in [0.3, 0.4) is 0 Å². The van der Waals surface area contributed by atoms with Crippen molar-refractivity contribution in [1.29, 1.82) is 0 Å². The van der Waals surface area contributed by atoms with E-state index >= 15 is 0 Å². The monoisotopic (exact) mass is 347 g/mol. The van der Waals surface area contributed by atoms with Gasteiger partial charge >= 0.3 is 6.03 Å². The number of carbonyl (C=O) groups excluding carboxylic acids is 1. The van der Waals surface area contributed by atoms with Crippen LogP contribution in [0.2, 0.25) is 0 Å². The fourth-order valence-electron chi connectivity index (χ4n) is 2.59. The quantitative estimate of drug-likeness (QED) is 0.865. The Morgan fingerprint density at radius 1 is 1.33 bits per heavy atom. The number of aryl methyl sites for hydroxylation is 1. The lowest BCUT2D eigenvalue weighted by atomic mass is 10.0. The maximum atomic E-state index is 12.3. The lowest BCUT2D eigenvalue weighted by Crippen LogP contribution is -2.44. The van der Waals surface area contributed by atoms with E-state index in [1.807, 2.05) is 0 Å². The maximum absolute atomic E-state index is 12.3. The van der Waals surface area contributed by atoms with Crippen molar-refractivity contribution in [3.8, 4) is 0 Å². The molecule has 2 amide bonds. The van der Waals surface area contributed by atoms with Gasteiger partial charge in [0.1, 0.15) is 5.51 Å². The molecule has 8 heteroatoms. The van der Waals surface area contributed by atoms with Crippen molar-refractivity contribution in [3.05, 3.63) is 40.9 Å². The molecule has 3 rings (SSSR count). The van der Waals surface area contributed by atoms with Gasteiger partial charge in [0.15, 0.2) is 0 Å². The summed E-state index contributed by atoms with van der Waals surface area (Å²) < 4.78 is 5.40. The second kappa shape index (κ2) is 8.18. The highest BCUT2D eigenvalue weighted by Crippen LogP contribution is 2.17. The molecule has 2 aromatic rings. The molecular weight excluding hydrogens is 326 g/mol. The van der Waals surface area contributed by atoms with Crippen molar-refractivity contribution >= 4 is 22.5 Å². The molecule has 1 fully saturated rings. The SMILES string of the molecule is Cc1ccc(C(CN2CCOCC2)NC(=O)Nc2nncs2)cc1. The Kier molecular flexibility index (Phi) is 5.73. The van der Waals surface area contributed by atoms with Crippen LogP contribution in [0.25, 0.3) is 0 Å². The van der Waals surface area contributed by atoms with Gasteiger partial charge in [-0.15, -0.1) is 10.2 Å². The molecule has 1 atom stereocenters. The molecule has 24 heavy (non-hydrogen) atoms. The van der Waals surface area contributed by atoms with Crippen LogP contribution in [0.4, 0.5) is 9.93 Å². The molecule has 7 nitrogen and oxygen atoms in total. The standard InChI is InChI=1S/C16H21N5O2S/c1-12-2-4-13(5-3-12)14(10-21-6-8-23-9-7-21)18-15(22)19-16-20-17-11-24-16/h2-5,11,14H,6-10H2,1H3,(H2,18,19,20,22). The summed E-state index contributed by atoms with van der Waals surface area (Å²) in [7, 11) is 0. The first-order chi connectivity index (χ1) is 11.7. The van der Waals surface area contributed by atoms with Crippen LogP contribution in [-0.2, 0) is 4.74 Å². The Morgan fingerprint density at radius 2 is 2.08 bits per heavy atom. The highest BCUT2D eigenvalue weighted by molar-refractivity contribution is 7.13. The maximum Gasteiger partial charge on any atom is 0.321 e. The third kappa shape index (κ3) is 4.73. The molecule has 1 saturated heterocycles. The van der Waals surface area contributed by atoms with Gasteiger partial charge in [-0.2, -0.15) is 0 Å². The van der Waals surface area contributed by atoms with Gasteiger partial charge in [-0.05, 0) is 12.5 Å². The largest absolute Gasteiger partial charge is 0.379 e. The average Bonchev–Trinajstić information content (AvgIpc) is 3.09. The number of amides is 2. The summed E-state index contributed by atoms with van der Waals surface area (Å²) in [5, 5.41) is 13.8. The van der Waals surface area contributed by atoms with Crippen LogP contribution in [0.1, 0.15) is 17.2 Å². The Bertz CT molecular complexity index is 641. The normalized spacial score (nSPS) is 16.5. The van der Waals surface area contributed by atoms with Crippen molar-refractivity contribution in [1.82, 2.24) is 20.4 Å². The summed E-state index contributed by atoms with van der Waals surface area (Å²) in [4.78, 5) is 14.6. The molecular formula is C16H21N5O2S. The van der Waals surface area contributed by atoms with Gasteiger partial charge in [0.2, 0.25) is 5.13 Å². The first-order valence-electron chi connectivity index (χ1n) is 7.91. The zero-order chi connectivity index (χ0) is 16.8. The first kappa shape index (κ1) is 16.8. The third-order valence-electron chi connectivity index (χ3n) is 3.91. The first-order valence-corrected chi connectivity index (χ1v) is 8.79. The van der Waals surface area contributed by atoms with Crippen molar-refractivity contribution in [2.24, 2.45) is 0 Å². The lowest BCUT2D eigenvalue weighted by Gasteiger charge is -2.31. The van der Waals surface area contributed by atoms with Gasteiger partial charge < -0.3 is 10.1 Å². The molecule has 0 saturated carbocycles. The topological polar surface area (TPSA) is 79.4 Å². The zero-order valence-electron chi connectivity index (χ0n) is 13.6. The number of anilines is 1. The zero-order valence-corrected chi connectivity index (χ0v) is 14.4. The van der Waals surface area contributed by atoms with E-state index in [-0.39, 0.29) is 12.1 Å². The predicted octanol–water partition coefficient (Wildman–Crippen LogP) is 2.04. The minimum absolute atomic E-state index is 0.100. The average molecular weight is 347 g/mol. The summed E-state index contributed by atoms with van der Waals surface area (Å²) in [5.74, 6) is 0. The van der Waals surface area contributed by atoms with Crippen molar-refractivity contribution in [2.75, 3.05) is 38.2 Å². The Labute approximate surface area is 145 Å². The number of carbonyl (C=O) groups is 1. The van der Waals surface area contributed by atoms with Gasteiger partial charge in [-0.1, -0.05) is 41.2 Å². The molecule has 128 valence electrons. The number of nitrogens with one attached hydrogen (secondary N) is 2. The molecule has 0 aliphatic carbocycles. The predicted molar refractivity (Wildman–Crippen MR) is 93.2 cm³/mol. The van der Waals surface area contributed by atoms with Crippen molar-refractivity contribution in [2.45, 2.75) is 13.0 Å². The summed E-state index contributed by atoms with van der Waals surface area (Å²) in [6.07, 6.45) is 0. The van der Waals surface area contributed by atoms with Crippen molar-refractivity contribution < 1.29 is 9.53 Å². The fourth-order valence-corrected chi connectivity index (χ4v) is 3.03. The van der Waals surface area contributed by atoms with Crippen LogP contribution < -0.4 is 10.6 Å². The van der Waals surface area contributed by atoms with E-state index in [0.717, 1.165) is 38.4 Å². The van der Waals surface area contributed by atoms with E-state index in [1.165, 1.54) is 16.9 Å². The number of ether oxygens (including phenoxy) is 1. The molecule has 1 aromatic carbocycles. The van der Waals surface area contributed by atoms with Crippen LogP contribution >= 0.6 is 11.3 Å². The lowest BCUT2D eigenvalue weighted by molar-refractivity contribution is 0.0340. The highest BCUT2D eigenvalue weighted by Gasteiger charge is 2.20. The summed E-state index contributed by atoms with van der Waals surface area (Å²) in [6, 6.07) is 7.87. The Hall–Kier alpha value is -2.03. The third-order valence-corrected chi connectivity index (χ3v) is 4.52. The number of benzene rings is 1. The molecule has 0 spiro atoms. The van der Waals surface area contributed by atoms with E-state index in [1.54, 1.807) is 5.51 Å². The Morgan fingerprint density at radius 3 is 2.75 bits per heavy atom. The van der Waals surface area contributed by atoms with Crippen LogP contribution in [0.5, 0.6) is 0 Å². The van der Waals surface area contributed by atoms with Crippen LogP contribution in [-0.4, -0.2) is 54.0 Å². The number of morpholine rings is 1.